The van der Waals surface area contributed by atoms with Gasteiger partial charge in [-0.3, -0.25) is 4.99 Å². The standard InChI is InChI=1S/C22H36N6/c1-19-26-20-11-5-6-12-21(20)28(19)18-10-14-25-22(23-2)24-13-9-17-27-15-7-3-4-8-16-27/h5-6,11-12H,3-4,7-10,13-18H2,1-2H3,(H2,23,24,25). The second-order valence-corrected chi connectivity index (χ2v) is 7.69. The molecule has 0 aliphatic carbocycles. The highest BCUT2D eigenvalue weighted by atomic mass is 15.2. The van der Waals surface area contributed by atoms with Crippen molar-refractivity contribution in [2.75, 3.05) is 39.8 Å². The molecule has 2 heterocycles. The minimum Gasteiger partial charge on any atom is -0.356 e. The maximum atomic E-state index is 4.64. The summed E-state index contributed by atoms with van der Waals surface area (Å²) < 4.78 is 2.30. The van der Waals surface area contributed by atoms with Crippen LogP contribution in [0.3, 0.4) is 0 Å². The number of aromatic nitrogens is 2. The van der Waals surface area contributed by atoms with Crippen LogP contribution in [-0.4, -0.2) is 60.2 Å². The van der Waals surface area contributed by atoms with Gasteiger partial charge in [0.1, 0.15) is 5.82 Å². The Morgan fingerprint density at radius 1 is 1.00 bits per heavy atom. The van der Waals surface area contributed by atoms with Crippen LogP contribution in [0.15, 0.2) is 29.3 Å². The van der Waals surface area contributed by atoms with Gasteiger partial charge in [0.15, 0.2) is 5.96 Å². The molecule has 1 aliphatic heterocycles. The molecule has 0 radical (unpaired) electrons. The lowest BCUT2D eigenvalue weighted by Gasteiger charge is -2.20. The molecule has 0 spiro atoms. The van der Waals surface area contributed by atoms with E-state index in [1.165, 1.54) is 57.3 Å². The van der Waals surface area contributed by atoms with Crippen molar-refractivity contribution in [3.63, 3.8) is 0 Å². The van der Waals surface area contributed by atoms with E-state index < -0.39 is 0 Å². The average Bonchev–Trinajstić information content (AvgIpc) is 2.86. The van der Waals surface area contributed by atoms with Crippen molar-refractivity contribution in [1.29, 1.82) is 0 Å². The number of likely N-dealkylation sites (tertiary alicyclic amines) is 1. The predicted molar refractivity (Wildman–Crippen MR) is 118 cm³/mol. The fraction of sp³-hybridized carbons (Fsp3) is 0.636. The zero-order chi connectivity index (χ0) is 19.6. The number of hydrogen-bond donors (Lipinski definition) is 2. The van der Waals surface area contributed by atoms with Crippen LogP contribution in [0, 0.1) is 6.92 Å². The van der Waals surface area contributed by atoms with Crippen LogP contribution in [0.5, 0.6) is 0 Å². The van der Waals surface area contributed by atoms with Crippen LogP contribution >= 0.6 is 0 Å². The van der Waals surface area contributed by atoms with Gasteiger partial charge in [-0.2, -0.15) is 0 Å². The molecule has 0 bridgehead atoms. The Bertz CT molecular complexity index is 743. The van der Waals surface area contributed by atoms with Crippen molar-refractivity contribution in [2.24, 2.45) is 4.99 Å². The smallest absolute Gasteiger partial charge is 0.190 e. The van der Waals surface area contributed by atoms with Crippen LogP contribution in [-0.2, 0) is 6.54 Å². The fourth-order valence-corrected chi connectivity index (χ4v) is 4.01. The second kappa shape index (κ2) is 11.1. The van der Waals surface area contributed by atoms with Gasteiger partial charge in [0, 0.05) is 26.7 Å². The molecule has 0 saturated carbocycles. The number of rotatable bonds is 8. The van der Waals surface area contributed by atoms with E-state index in [2.05, 4.69) is 55.2 Å². The van der Waals surface area contributed by atoms with Crippen molar-refractivity contribution in [3.8, 4) is 0 Å². The lowest BCUT2D eigenvalue weighted by atomic mass is 10.2. The Hall–Kier alpha value is -2.08. The summed E-state index contributed by atoms with van der Waals surface area (Å²) >= 11 is 0. The molecule has 0 amide bonds. The molecule has 0 atom stereocenters. The monoisotopic (exact) mass is 384 g/mol. The normalized spacial score (nSPS) is 16.3. The first-order chi connectivity index (χ1) is 13.8. The van der Waals surface area contributed by atoms with E-state index in [0.717, 1.165) is 43.4 Å². The number of nitrogens with one attached hydrogen (secondary N) is 2. The third-order valence-corrected chi connectivity index (χ3v) is 5.56. The maximum absolute atomic E-state index is 4.64. The molecular weight excluding hydrogens is 348 g/mol. The van der Waals surface area contributed by atoms with Crippen LogP contribution < -0.4 is 10.6 Å². The summed E-state index contributed by atoms with van der Waals surface area (Å²) in [6.07, 6.45) is 7.74. The summed E-state index contributed by atoms with van der Waals surface area (Å²) in [5.41, 5.74) is 2.30. The van der Waals surface area contributed by atoms with Crippen molar-refractivity contribution in [3.05, 3.63) is 30.1 Å². The van der Waals surface area contributed by atoms with Gasteiger partial charge < -0.3 is 20.1 Å². The fourth-order valence-electron chi connectivity index (χ4n) is 4.01. The van der Waals surface area contributed by atoms with Gasteiger partial charge >= 0.3 is 0 Å². The van der Waals surface area contributed by atoms with Gasteiger partial charge in [-0.1, -0.05) is 25.0 Å². The number of guanidine groups is 1. The van der Waals surface area contributed by atoms with E-state index in [1.807, 2.05) is 13.1 Å². The van der Waals surface area contributed by atoms with Crippen LogP contribution in [0.4, 0.5) is 0 Å². The number of nitrogens with zero attached hydrogens (tertiary/aromatic N) is 4. The van der Waals surface area contributed by atoms with E-state index in [4.69, 9.17) is 0 Å². The Kier molecular flexibility index (Phi) is 8.15. The molecule has 6 nitrogen and oxygen atoms in total. The van der Waals surface area contributed by atoms with Crippen LogP contribution in [0.1, 0.15) is 44.3 Å². The molecule has 1 aromatic carbocycles. The van der Waals surface area contributed by atoms with Gasteiger partial charge in [-0.25, -0.2) is 4.98 Å². The molecule has 28 heavy (non-hydrogen) atoms. The molecule has 0 unspecified atom stereocenters. The molecule has 2 aromatic rings. The molecule has 1 saturated heterocycles. The number of fused-ring (bicyclic) bond motifs is 1. The zero-order valence-electron chi connectivity index (χ0n) is 17.6. The quantitative estimate of drug-likeness (QED) is 0.417. The SMILES string of the molecule is CN=C(NCCCN1CCCCCC1)NCCCn1c(C)nc2ccccc21. The first-order valence-corrected chi connectivity index (χ1v) is 10.9. The molecule has 1 aromatic heterocycles. The van der Waals surface area contributed by atoms with Crippen molar-refractivity contribution >= 4 is 17.0 Å². The molecule has 154 valence electrons. The Morgan fingerprint density at radius 2 is 1.68 bits per heavy atom. The van der Waals surface area contributed by atoms with E-state index in [-0.39, 0.29) is 0 Å². The maximum Gasteiger partial charge on any atom is 0.190 e. The summed E-state index contributed by atoms with van der Waals surface area (Å²) in [5.74, 6) is 1.99. The number of para-hydroxylation sites is 2. The van der Waals surface area contributed by atoms with Gasteiger partial charge in [-0.05, 0) is 64.4 Å². The lowest BCUT2D eigenvalue weighted by molar-refractivity contribution is 0.282. The van der Waals surface area contributed by atoms with E-state index in [0.29, 0.717) is 0 Å². The number of benzene rings is 1. The zero-order valence-corrected chi connectivity index (χ0v) is 17.6. The first kappa shape index (κ1) is 20.6. The molecule has 3 rings (SSSR count). The number of aryl methyl sites for hydroxylation is 2. The molecule has 6 heteroatoms. The highest BCUT2D eigenvalue weighted by Crippen LogP contribution is 2.15. The Morgan fingerprint density at radius 3 is 2.39 bits per heavy atom. The topological polar surface area (TPSA) is 57.5 Å². The Balaban J connectivity index is 1.33. The van der Waals surface area contributed by atoms with Crippen molar-refractivity contribution in [2.45, 2.75) is 52.0 Å². The summed E-state index contributed by atoms with van der Waals surface area (Å²) in [4.78, 5) is 11.6. The summed E-state index contributed by atoms with van der Waals surface area (Å²) in [5, 5.41) is 6.89. The molecular formula is C22H36N6. The third kappa shape index (κ3) is 5.96. The minimum atomic E-state index is 0.901. The van der Waals surface area contributed by atoms with E-state index in [9.17, 15) is 0 Å². The van der Waals surface area contributed by atoms with Gasteiger partial charge in [0.2, 0.25) is 0 Å². The highest BCUT2D eigenvalue weighted by molar-refractivity contribution is 5.79. The average molecular weight is 385 g/mol. The predicted octanol–water partition coefficient (Wildman–Crippen LogP) is 3.17. The highest BCUT2D eigenvalue weighted by Gasteiger charge is 2.08. The minimum absolute atomic E-state index is 0.901. The summed E-state index contributed by atoms with van der Waals surface area (Å²) in [7, 11) is 1.84. The van der Waals surface area contributed by atoms with Crippen LogP contribution in [0.2, 0.25) is 0 Å². The summed E-state index contributed by atoms with van der Waals surface area (Å²) in [6, 6.07) is 8.35. The molecule has 1 fully saturated rings. The largest absolute Gasteiger partial charge is 0.356 e. The van der Waals surface area contributed by atoms with E-state index >= 15 is 0 Å². The summed E-state index contributed by atoms with van der Waals surface area (Å²) in [6.45, 7) is 8.66. The van der Waals surface area contributed by atoms with Gasteiger partial charge in [0.05, 0.1) is 11.0 Å². The van der Waals surface area contributed by atoms with Crippen LogP contribution in [0.25, 0.3) is 11.0 Å². The molecule has 1 aliphatic rings. The number of aliphatic imine (C=N–C) groups is 1. The third-order valence-electron chi connectivity index (χ3n) is 5.56. The molecule has 2 N–H and O–H groups in total. The van der Waals surface area contributed by atoms with Gasteiger partial charge in [0.25, 0.3) is 0 Å². The number of imidazole rings is 1. The van der Waals surface area contributed by atoms with Crippen molar-refractivity contribution < 1.29 is 0 Å². The lowest BCUT2D eigenvalue weighted by Crippen LogP contribution is -2.39. The van der Waals surface area contributed by atoms with Crippen molar-refractivity contribution in [1.82, 2.24) is 25.1 Å². The number of hydrogen-bond acceptors (Lipinski definition) is 3. The van der Waals surface area contributed by atoms with E-state index in [1.54, 1.807) is 0 Å². The second-order valence-electron chi connectivity index (χ2n) is 7.69. The first-order valence-electron chi connectivity index (χ1n) is 10.9. The van der Waals surface area contributed by atoms with Gasteiger partial charge in [-0.15, -0.1) is 0 Å². The Labute approximate surface area is 169 Å².